The molecule has 2 fully saturated rings. The van der Waals surface area contributed by atoms with Crippen LogP contribution in [-0.4, -0.2) is 24.8 Å². The first-order valence-corrected chi connectivity index (χ1v) is 7.73. The van der Waals surface area contributed by atoms with E-state index >= 15 is 0 Å². The molecule has 0 saturated heterocycles. The van der Waals surface area contributed by atoms with Gasteiger partial charge in [-0.2, -0.15) is 0 Å². The van der Waals surface area contributed by atoms with Gasteiger partial charge in [-0.25, -0.2) is 0 Å². The van der Waals surface area contributed by atoms with Gasteiger partial charge in [0.1, 0.15) is 0 Å². The Balaban J connectivity index is 1.93. The Morgan fingerprint density at radius 1 is 1.00 bits per heavy atom. The first-order valence-electron chi connectivity index (χ1n) is 7.73. The van der Waals surface area contributed by atoms with E-state index in [0.29, 0.717) is 6.10 Å². The highest BCUT2D eigenvalue weighted by atomic mass is 16.5. The topological polar surface area (TPSA) is 21.3 Å². The molecule has 0 aromatic carbocycles. The van der Waals surface area contributed by atoms with E-state index in [-0.39, 0.29) is 5.60 Å². The summed E-state index contributed by atoms with van der Waals surface area (Å²) in [6.45, 7) is 4.33. The molecule has 0 atom stereocenters. The summed E-state index contributed by atoms with van der Waals surface area (Å²) < 4.78 is 6.56. The Hall–Kier alpha value is -0.0800. The molecule has 0 unspecified atom stereocenters. The van der Waals surface area contributed by atoms with E-state index in [1.165, 1.54) is 64.2 Å². The van der Waals surface area contributed by atoms with Crippen LogP contribution < -0.4 is 5.32 Å². The number of nitrogens with one attached hydrogen (secondary N) is 1. The summed E-state index contributed by atoms with van der Waals surface area (Å²) in [5.74, 6) is 0. The fraction of sp³-hybridized carbons (Fsp3) is 1.00. The number of hydrogen-bond donors (Lipinski definition) is 1. The lowest BCUT2D eigenvalue weighted by Gasteiger charge is -2.36. The van der Waals surface area contributed by atoms with Crippen molar-refractivity contribution >= 4 is 0 Å². The van der Waals surface area contributed by atoms with Gasteiger partial charge in [0.15, 0.2) is 0 Å². The third kappa shape index (κ3) is 3.96. The Labute approximate surface area is 107 Å². The molecule has 0 radical (unpaired) electrons. The summed E-state index contributed by atoms with van der Waals surface area (Å²) in [7, 11) is 0. The van der Waals surface area contributed by atoms with Crippen molar-refractivity contribution in [1.29, 1.82) is 0 Å². The second-order valence-corrected chi connectivity index (χ2v) is 5.90. The van der Waals surface area contributed by atoms with Gasteiger partial charge in [-0.3, -0.25) is 0 Å². The van der Waals surface area contributed by atoms with Crippen molar-refractivity contribution in [2.45, 2.75) is 82.8 Å². The van der Waals surface area contributed by atoms with Gasteiger partial charge in [0, 0.05) is 6.54 Å². The standard InChI is InChI=1S/C15H29NO/c1-2-16-13-15(11-7-3-4-8-12-15)17-14-9-5-6-10-14/h14,16H,2-13H2,1H3. The molecule has 0 aromatic heterocycles. The third-order valence-corrected chi connectivity index (χ3v) is 4.43. The fourth-order valence-corrected chi connectivity index (χ4v) is 3.42. The third-order valence-electron chi connectivity index (χ3n) is 4.43. The van der Waals surface area contributed by atoms with Gasteiger partial charge in [0.2, 0.25) is 0 Å². The highest BCUT2D eigenvalue weighted by Gasteiger charge is 2.34. The zero-order chi connectivity index (χ0) is 12.0. The fourth-order valence-electron chi connectivity index (χ4n) is 3.42. The second kappa shape index (κ2) is 6.75. The van der Waals surface area contributed by atoms with E-state index < -0.39 is 0 Å². The van der Waals surface area contributed by atoms with E-state index in [2.05, 4.69) is 12.2 Å². The number of rotatable bonds is 5. The van der Waals surface area contributed by atoms with Crippen molar-refractivity contribution in [3.63, 3.8) is 0 Å². The molecule has 17 heavy (non-hydrogen) atoms. The molecule has 2 aliphatic carbocycles. The zero-order valence-corrected chi connectivity index (χ0v) is 11.5. The smallest absolute Gasteiger partial charge is 0.0810 e. The molecule has 0 aromatic rings. The number of hydrogen-bond acceptors (Lipinski definition) is 2. The highest BCUT2D eigenvalue weighted by Crippen LogP contribution is 2.34. The van der Waals surface area contributed by atoms with Crippen LogP contribution in [-0.2, 0) is 4.74 Å². The molecule has 0 spiro atoms. The van der Waals surface area contributed by atoms with E-state index in [4.69, 9.17) is 4.74 Å². The average molecular weight is 239 g/mol. The first-order chi connectivity index (χ1) is 8.35. The van der Waals surface area contributed by atoms with Crippen molar-refractivity contribution in [1.82, 2.24) is 5.32 Å². The summed E-state index contributed by atoms with van der Waals surface area (Å²) in [4.78, 5) is 0. The lowest BCUT2D eigenvalue weighted by molar-refractivity contribution is -0.0980. The van der Waals surface area contributed by atoms with Crippen LogP contribution in [0.2, 0.25) is 0 Å². The van der Waals surface area contributed by atoms with Gasteiger partial charge in [-0.1, -0.05) is 45.4 Å². The Bertz CT molecular complexity index is 203. The Kier molecular flexibility index (Phi) is 5.30. The van der Waals surface area contributed by atoms with Gasteiger partial charge < -0.3 is 10.1 Å². The van der Waals surface area contributed by atoms with Gasteiger partial charge in [-0.05, 0) is 32.2 Å². The van der Waals surface area contributed by atoms with Crippen molar-refractivity contribution in [3.8, 4) is 0 Å². The lowest BCUT2D eigenvalue weighted by atomic mass is 9.93. The van der Waals surface area contributed by atoms with Crippen LogP contribution in [0.15, 0.2) is 0 Å². The van der Waals surface area contributed by atoms with E-state index in [1.54, 1.807) is 0 Å². The summed E-state index contributed by atoms with van der Waals surface area (Å²) in [5, 5.41) is 3.54. The van der Waals surface area contributed by atoms with Crippen LogP contribution in [0.5, 0.6) is 0 Å². The molecule has 0 aliphatic heterocycles. The lowest BCUT2D eigenvalue weighted by Crippen LogP contribution is -2.45. The monoisotopic (exact) mass is 239 g/mol. The van der Waals surface area contributed by atoms with Crippen LogP contribution in [0.3, 0.4) is 0 Å². The quantitative estimate of drug-likeness (QED) is 0.739. The number of likely N-dealkylation sites (N-methyl/N-ethyl adjacent to an activating group) is 1. The van der Waals surface area contributed by atoms with E-state index in [9.17, 15) is 0 Å². The van der Waals surface area contributed by atoms with Crippen LogP contribution in [0.1, 0.15) is 71.1 Å². The number of ether oxygens (including phenoxy) is 1. The van der Waals surface area contributed by atoms with Gasteiger partial charge in [0.05, 0.1) is 11.7 Å². The van der Waals surface area contributed by atoms with Crippen LogP contribution in [0, 0.1) is 0 Å². The SMILES string of the molecule is CCNCC1(OC2CCCC2)CCCCCC1. The largest absolute Gasteiger partial charge is 0.370 e. The minimum absolute atomic E-state index is 0.168. The van der Waals surface area contributed by atoms with E-state index in [1.807, 2.05) is 0 Å². The molecular formula is C15H29NO. The van der Waals surface area contributed by atoms with Gasteiger partial charge >= 0.3 is 0 Å². The maximum absolute atomic E-state index is 6.56. The molecule has 0 amide bonds. The zero-order valence-electron chi connectivity index (χ0n) is 11.5. The van der Waals surface area contributed by atoms with Crippen molar-refractivity contribution in [2.24, 2.45) is 0 Å². The predicted molar refractivity (Wildman–Crippen MR) is 72.3 cm³/mol. The molecule has 1 N–H and O–H groups in total. The van der Waals surface area contributed by atoms with E-state index in [0.717, 1.165) is 13.1 Å². The minimum Gasteiger partial charge on any atom is -0.370 e. The molecule has 2 heteroatoms. The Morgan fingerprint density at radius 2 is 1.65 bits per heavy atom. The average Bonchev–Trinajstić information content (AvgIpc) is 2.73. The molecule has 0 bridgehead atoms. The summed E-state index contributed by atoms with van der Waals surface area (Å²) in [5.41, 5.74) is 0.168. The maximum atomic E-state index is 6.56. The van der Waals surface area contributed by atoms with Crippen molar-refractivity contribution < 1.29 is 4.74 Å². The maximum Gasteiger partial charge on any atom is 0.0810 e. The Morgan fingerprint density at radius 3 is 2.24 bits per heavy atom. The normalized spacial score (nSPS) is 25.9. The molecule has 0 heterocycles. The molecule has 2 nitrogen and oxygen atoms in total. The van der Waals surface area contributed by atoms with Crippen molar-refractivity contribution in [3.05, 3.63) is 0 Å². The minimum atomic E-state index is 0.168. The first kappa shape index (κ1) is 13.4. The van der Waals surface area contributed by atoms with Crippen LogP contribution in [0.4, 0.5) is 0 Å². The molecule has 2 rings (SSSR count). The highest BCUT2D eigenvalue weighted by molar-refractivity contribution is 4.87. The van der Waals surface area contributed by atoms with Crippen molar-refractivity contribution in [2.75, 3.05) is 13.1 Å². The summed E-state index contributed by atoms with van der Waals surface area (Å²) >= 11 is 0. The van der Waals surface area contributed by atoms with Gasteiger partial charge in [-0.15, -0.1) is 0 Å². The molecule has 100 valence electrons. The summed E-state index contributed by atoms with van der Waals surface area (Å²) in [6, 6.07) is 0. The van der Waals surface area contributed by atoms with Crippen LogP contribution >= 0.6 is 0 Å². The molecular weight excluding hydrogens is 210 g/mol. The predicted octanol–water partition coefficient (Wildman–Crippen LogP) is 3.65. The van der Waals surface area contributed by atoms with Crippen LogP contribution in [0.25, 0.3) is 0 Å². The van der Waals surface area contributed by atoms with Gasteiger partial charge in [0.25, 0.3) is 0 Å². The molecule has 2 aliphatic rings. The summed E-state index contributed by atoms with van der Waals surface area (Å²) in [6.07, 6.45) is 14.0. The molecule has 2 saturated carbocycles. The second-order valence-electron chi connectivity index (χ2n) is 5.90.